The third-order valence-electron chi connectivity index (χ3n) is 4.35. The van der Waals surface area contributed by atoms with Crippen molar-refractivity contribution in [2.75, 3.05) is 5.73 Å². The van der Waals surface area contributed by atoms with Crippen molar-refractivity contribution in [2.45, 2.75) is 26.2 Å². The van der Waals surface area contributed by atoms with Gasteiger partial charge in [0, 0.05) is 29.1 Å². The molecule has 6 heteroatoms. The number of nitrogens with zero attached hydrogens (tertiary/aromatic N) is 2. The monoisotopic (exact) mass is 333 g/mol. The number of pyridine rings is 2. The van der Waals surface area contributed by atoms with Gasteiger partial charge in [-0.3, -0.25) is 4.79 Å². The molecule has 1 aromatic carbocycles. The van der Waals surface area contributed by atoms with E-state index in [1.807, 2.05) is 24.3 Å². The Hall–Kier alpha value is -3.15. The molecule has 0 saturated heterocycles. The van der Waals surface area contributed by atoms with Gasteiger partial charge >= 0.3 is 0 Å². The Balaban J connectivity index is 1.88. The van der Waals surface area contributed by atoms with E-state index in [2.05, 4.69) is 21.9 Å². The number of rotatable bonds is 4. The molecule has 0 saturated carbocycles. The van der Waals surface area contributed by atoms with Gasteiger partial charge in [-0.15, -0.1) is 0 Å². The van der Waals surface area contributed by atoms with E-state index in [1.54, 1.807) is 6.07 Å². The molecule has 0 unspecified atom stereocenters. The van der Waals surface area contributed by atoms with Crippen molar-refractivity contribution in [3.63, 3.8) is 0 Å². The maximum atomic E-state index is 11.5. The maximum absolute atomic E-state index is 11.5. The molecule has 25 heavy (non-hydrogen) atoms. The molecule has 0 bridgehead atoms. The van der Waals surface area contributed by atoms with Crippen molar-refractivity contribution in [3.05, 3.63) is 52.6 Å². The Kier molecular flexibility index (Phi) is 3.72. The summed E-state index contributed by atoms with van der Waals surface area (Å²) in [5, 5.41) is 0.949. The van der Waals surface area contributed by atoms with E-state index in [0.29, 0.717) is 5.82 Å². The van der Waals surface area contributed by atoms with Crippen LogP contribution < -0.4 is 11.3 Å². The van der Waals surface area contributed by atoms with Crippen molar-refractivity contribution >= 4 is 27.8 Å². The number of imidazole rings is 1. The fourth-order valence-electron chi connectivity index (χ4n) is 3.06. The highest BCUT2D eigenvalue weighted by Gasteiger charge is 2.12. The SMILES string of the molecule is CCCCc1nc2c([nH]1)c(N)nc1cc(-c3cccc(=O)[nH]3)ccc12. The summed E-state index contributed by atoms with van der Waals surface area (Å²) in [6.07, 6.45) is 3.09. The van der Waals surface area contributed by atoms with Crippen molar-refractivity contribution in [3.8, 4) is 11.3 Å². The molecule has 0 fully saturated rings. The topological polar surface area (TPSA) is 100 Å². The quantitative estimate of drug-likeness (QED) is 0.533. The standard InChI is InChI=1S/C19H19N5O/c1-2-3-6-15-23-17-12-9-8-11(13-5-4-7-16(25)21-13)10-14(12)22-19(20)18(17)24-15/h4-5,7-10H,2-3,6H2,1H3,(H2,20,22)(H,21,25)(H,23,24). The third kappa shape index (κ3) is 2.76. The van der Waals surface area contributed by atoms with Crippen LogP contribution in [0.1, 0.15) is 25.6 Å². The summed E-state index contributed by atoms with van der Waals surface area (Å²) in [7, 11) is 0. The van der Waals surface area contributed by atoms with Gasteiger partial charge in [-0.2, -0.15) is 0 Å². The van der Waals surface area contributed by atoms with Crippen LogP contribution in [0.15, 0.2) is 41.2 Å². The zero-order valence-electron chi connectivity index (χ0n) is 14.0. The van der Waals surface area contributed by atoms with E-state index in [0.717, 1.165) is 58.3 Å². The van der Waals surface area contributed by atoms with E-state index in [-0.39, 0.29) is 5.56 Å². The largest absolute Gasteiger partial charge is 0.382 e. The smallest absolute Gasteiger partial charge is 0.248 e. The minimum absolute atomic E-state index is 0.131. The summed E-state index contributed by atoms with van der Waals surface area (Å²) in [5.41, 5.74) is 10.0. The fraction of sp³-hybridized carbons (Fsp3) is 0.211. The summed E-state index contributed by atoms with van der Waals surface area (Å²) in [4.78, 5) is 26.9. The molecule has 3 aromatic heterocycles. The number of aromatic amines is 2. The van der Waals surface area contributed by atoms with Crippen molar-refractivity contribution < 1.29 is 0 Å². The number of aryl methyl sites for hydroxylation is 1. The number of nitrogen functional groups attached to an aromatic ring is 1. The predicted molar refractivity (Wildman–Crippen MR) is 100 cm³/mol. The molecule has 0 aliphatic rings. The zero-order valence-corrected chi connectivity index (χ0v) is 14.0. The highest BCUT2D eigenvalue weighted by Crippen LogP contribution is 2.29. The number of aromatic nitrogens is 4. The van der Waals surface area contributed by atoms with E-state index in [1.165, 1.54) is 6.07 Å². The Labute approximate surface area is 144 Å². The Morgan fingerprint density at radius 3 is 2.80 bits per heavy atom. The lowest BCUT2D eigenvalue weighted by Crippen LogP contribution is -2.03. The van der Waals surface area contributed by atoms with Crippen LogP contribution in [-0.2, 0) is 6.42 Å². The van der Waals surface area contributed by atoms with Gasteiger partial charge < -0.3 is 15.7 Å². The molecular formula is C19H19N5O. The van der Waals surface area contributed by atoms with Gasteiger partial charge in [-0.05, 0) is 24.6 Å². The number of hydrogen-bond acceptors (Lipinski definition) is 4. The van der Waals surface area contributed by atoms with Crippen molar-refractivity contribution in [2.24, 2.45) is 0 Å². The lowest BCUT2D eigenvalue weighted by Gasteiger charge is -2.05. The van der Waals surface area contributed by atoms with Gasteiger partial charge in [0.2, 0.25) is 5.56 Å². The van der Waals surface area contributed by atoms with Crippen LogP contribution in [0, 0.1) is 0 Å². The number of anilines is 1. The molecule has 0 aliphatic carbocycles. The minimum atomic E-state index is -0.131. The molecule has 0 radical (unpaired) electrons. The van der Waals surface area contributed by atoms with Gasteiger partial charge in [0.05, 0.1) is 5.52 Å². The molecule has 4 N–H and O–H groups in total. The molecule has 6 nitrogen and oxygen atoms in total. The molecule has 4 rings (SSSR count). The lowest BCUT2D eigenvalue weighted by molar-refractivity contribution is 0.765. The van der Waals surface area contributed by atoms with Crippen LogP contribution in [0.4, 0.5) is 5.82 Å². The molecule has 0 spiro atoms. The Bertz CT molecular complexity index is 1130. The molecule has 3 heterocycles. The summed E-state index contributed by atoms with van der Waals surface area (Å²) in [6, 6.07) is 11.0. The summed E-state index contributed by atoms with van der Waals surface area (Å²) in [5.74, 6) is 1.38. The molecule has 4 aromatic rings. The molecule has 0 amide bonds. The average molecular weight is 333 g/mol. The zero-order chi connectivity index (χ0) is 17.4. The van der Waals surface area contributed by atoms with Crippen molar-refractivity contribution in [1.82, 2.24) is 19.9 Å². The summed E-state index contributed by atoms with van der Waals surface area (Å²) in [6.45, 7) is 2.16. The van der Waals surface area contributed by atoms with Crippen LogP contribution in [0.2, 0.25) is 0 Å². The minimum Gasteiger partial charge on any atom is -0.382 e. The van der Waals surface area contributed by atoms with Crippen molar-refractivity contribution in [1.29, 1.82) is 0 Å². The van der Waals surface area contributed by atoms with Gasteiger partial charge in [0.15, 0.2) is 0 Å². The van der Waals surface area contributed by atoms with E-state index in [4.69, 9.17) is 10.7 Å². The average Bonchev–Trinajstić information content (AvgIpc) is 3.04. The van der Waals surface area contributed by atoms with Gasteiger partial charge in [-0.25, -0.2) is 9.97 Å². The predicted octanol–water partition coefficient (Wildman–Crippen LogP) is 3.39. The number of benzene rings is 1. The first-order valence-electron chi connectivity index (χ1n) is 8.43. The highest BCUT2D eigenvalue weighted by atomic mass is 16.1. The normalized spacial score (nSPS) is 11.4. The second kappa shape index (κ2) is 6.05. The number of unbranched alkanes of at least 4 members (excludes halogenated alkanes) is 1. The number of H-pyrrole nitrogens is 2. The molecular weight excluding hydrogens is 314 g/mol. The molecule has 0 atom stereocenters. The van der Waals surface area contributed by atoms with Gasteiger partial charge in [-0.1, -0.05) is 25.5 Å². The first-order chi connectivity index (χ1) is 12.2. The van der Waals surface area contributed by atoms with E-state index < -0.39 is 0 Å². The van der Waals surface area contributed by atoms with Crippen LogP contribution in [0.5, 0.6) is 0 Å². The van der Waals surface area contributed by atoms with E-state index >= 15 is 0 Å². The number of nitrogens with one attached hydrogen (secondary N) is 2. The number of fused-ring (bicyclic) bond motifs is 3. The first kappa shape index (κ1) is 15.4. The summed E-state index contributed by atoms with van der Waals surface area (Å²) >= 11 is 0. The number of nitrogens with two attached hydrogens (primary N) is 1. The Morgan fingerprint density at radius 2 is 2.00 bits per heavy atom. The molecule has 126 valence electrons. The second-order valence-electron chi connectivity index (χ2n) is 6.17. The lowest BCUT2D eigenvalue weighted by atomic mass is 10.1. The van der Waals surface area contributed by atoms with Crippen LogP contribution in [-0.4, -0.2) is 19.9 Å². The summed E-state index contributed by atoms with van der Waals surface area (Å²) < 4.78 is 0. The van der Waals surface area contributed by atoms with E-state index in [9.17, 15) is 4.79 Å². The van der Waals surface area contributed by atoms with Crippen LogP contribution >= 0.6 is 0 Å². The Morgan fingerprint density at radius 1 is 1.12 bits per heavy atom. The number of hydrogen-bond donors (Lipinski definition) is 3. The van der Waals surface area contributed by atoms with Gasteiger partial charge in [0.25, 0.3) is 0 Å². The van der Waals surface area contributed by atoms with Gasteiger partial charge in [0.1, 0.15) is 22.7 Å². The first-order valence-corrected chi connectivity index (χ1v) is 8.43. The van der Waals surface area contributed by atoms with Crippen LogP contribution in [0.3, 0.4) is 0 Å². The third-order valence-corrected chi connectivity index (χ3v) is 4.35. The fourth-order valence-corrected chi connectivity index (χ4v) is 3.06. The van der Waals surface area contributed by atoms with Crippen LogP contribution in [0.25, 0.3) is 33.2 Å². The maximum Gasteiger partial charge on any atom is 0.248 e. The molecule has 0 aliphatic heterocycles. The highest BCUT2D eigenvalue weighted by molar-refractivity contribution is 6.07. The second-order valence-corrected chi connectivity index (χ2v) is 6.17.